The van der Waals surface area contributed by atoms with Gasteiger partial charge in [-0.25, -0.2) is 0 Å². The molecule has 11 heavy (non-hydrogen) atoms. The van der Waals surface area contributed by atoms with E-state index in [1.165, 1.54) is 13.0 Å². The van der Waals surface area contributed by atoms with Crippen LogP contribution >= 0.6 is 12.6 Å². The van der Waals surface area contributed by atoms with E-state index in [1.54, 1.807) is 0 Å². The van der Waals surface area contributed by atoms with Crippen molar-refractivity contribution >= 4 is 12.6 Å². The highest BCUT2D eigenvalue weighted by Crippen LogP contribution is 2.03. The van der Waals surface area contributed by atoms with Gasteiger partial charge in [0.15, 0.2) is 0 Å². The molecule has 0 aromatic carbocycles. The summed E-state index contributed by atoms with van der Waals surface area (Å²) in [5.41, 5.74) is 0. The molecule has 0 bridgehead atoms. The molecule has 1 fully saturated rings. The smallest absolute Gasteiger partial charge is 0.0594 e. The molecule has 0 spiro atoms. The Morgan fingerprint density at radius 2 is 2.09 bits per heavy atom. The summed E-state index contributed by atoms with van der Waals surface area (Å²) < 4.78 is 5.25. The molecule has 2 nitrogen and oxygen atoms in total. The molecule has 0 N–H and O–H groups in total. The summed E-state index contributed by atoms with van der Waals surface area (Å²) in [5, 5.41) is 0.526. The van der Waals surface area contributed by atoms with E-state index in [9.17, 15) is 0 Å². The molecule has 0 saturated carbocycles. The first kappa shape index (κ1) is 9.36. The molecule has 0 radical (unpaired) electrons. The summed E-state index contributed by atoms with van der Waals surface area (Å²) in [6, 6.07) is 0. The van der Waals surface area contributed by atoms with Crippen LogP contribution < -0.4 is 0 Å². The highest BCUT2D eigenvalue weighted by molar-refractivity contribution is 7.80. The third-order valence-electron chi connectivity index (χ3n) is 1.97. The predicted octanol–water partition coefficient (Wildman–Crippen LogP) is 1.03. The quantitative estimate of drug-likeness (QED) is 0.643. The monoisotopic (exact) mass is 175 g/mol. The zero-order valence-corrected chi connectivity index (χ0v) is 8.02. The van der Waals surface area contributed by atoms with Crippen molar-refractivity contribution in [3.05, 3.63) is 0 Å². The average molecular weight is 175 g/mol. The number of hydrogen-bond donors (Lipinski definition) is 1. The minimum absolute atomic E-state index is 0.526. The Kier molecular flexibility index (Phi) is 4.26. The zero-order valence-electron chi connectivity index (χ0n) is 7.12. The number of nitrogens with zero attached hydrogens (tertiary/aromatic N) is 1. The van der Waals surface area contributed by atoms with Gasteiger partial charge in [0.05, 0.1) is 13.2 Å². The Balaban J connectivity index is 2.05. The largest absolute Gasteiger partial charge is 0.379 e. The van der Waals surface area contributed by atoms with Gasteiger partial charge >= 0.3 is 0 Å². The molecule has 1 atom stereocenters. The normalized spacial score (nSPS) is 23.5. The first-order valence-corrected chi connectivity index (χ1v) is 4.79. The van der Waals surface area contributed by atoms with Crippen LogP contribution in [0.25, 0.3) is 0 Å². The summed E-state index contributed by atoms with van der Waals surface area (Å²) in [4.78, 5) is 2.44. The van der Waals surface area contributed by atoms with E-state index in [-0.39, 0.29) is 0 Å². The van der Waals surface area contributed by atoms with Crippen molar-refractivity contribution < 1.29 is 4.74 Å². The maximum atomic E-state index is 5.25. The Morgan fingerprint density at radius 3 is 2.64 bits per heavy atom. The van der Waals surface area contributed by atoms with Crippen molar-refractivity contribution in [3.63, 3.8) is 0 Å². The number of morpholine rings is 1. The highest BCUT2D eigenvalue weighted by atomic mass is 32.1. The van der Waals surface area contributed by atoms with Crippen molar-refractivity contribution in [2.24, 2.45) is 0 Å². The third kappa shape index (κ3) is 3.99. The number of hydrogen-bond acceptors (Lipinski definition) is 3. The lowest BCUT2D eigenvalue weighted by molar-refractivity contribution is 0.0375. The molecular weight excluding hydrogens is 158 g/mol. The van der Waals surface area contributed by atoms with E-state index in [0.29, 0.717) is 5.25 Å². The van der Waals surface area contributed by atoms with E-state index >= 15 is 0 Å². The van der Waals surface area contributed by atoms with Gasteiger partial charge < -0.3 is 4.74 Å². The van der Waals surface area contributed by atoms with Crippen LogP contribution in [-0.4, -0.2) is 43.0 Å². The summed E-state index contributed by atoms with van der Waals surface area (Å²) in [7, 11) is 0. The second-order valence-corrected chi connectivity index (χ2v) is 3.97. The van der Waals surface area contributed by atoms with Crippen molar-refractivity contribution in [1.29, 1.82) is 0 Å². The number of ether oxygens (including phenoxy) is 1. The molecule has 1 heterocycles. The summed E-state index contributed by atoms with van der Waals surface area (Å²) in [5.74, 6) is 0. The molecule has 1 aliphatic rings. The Labute approximate surface area is 74.3 Å². The van der Waals surface area contributed by atoms with Gasteiger partial charge in [-0.1, -0.05) is 6.92 Å². The van der Waals surface area contributed by atoms with Crippen LogP contribution in [0.2, 0.25) is 0 Å². The second kappa shape index (κ2) is 5.01. The fourth-order valence-electron chi connectivity index (χ4n) is 1.19. The minimum atomic E-state index is 0.526. The van der Waals surface area contributed by atoms with Gasteiger partial charge in [0.25, 0.3) is 0 Å². The van der Waals surface area contributed by atoms with E-state index in [0.717, 1.165) is 26.3 Å². The van der Waals surface area contributed by atoms with E-state index in [2.05, 4.69) is 24.5 Å². The van der Waals surface area contributed by atoms with Gasteiger partial charge in [-0.3, -0.25) is 4.90 Å². The lowest BCUT2D eigenvalue weighted by Crippen LogP contribution is -2.37. The van der Waals surface area contributed by atoms with Crippen LogP contribution in [0, 0.1) is 0 Å². The van der Waals surface area contributed by atoms with Crippen LogP contribution in [0.5, 0.6) is 0 Å². The van der Waals surface area contributed by atoms with Crippen LogP contribution in [-0.2, 0) is 4.74 Å². The Morgan fingerprint density at radius 1 is 1.45 bits per heavy atom. The molecule has 0 aromatic rings. The topological polar surface area (TPSA) is 12.5 Å². The van der Waals surface area contributed by atoms with Crippen molar-refractivity contribution in [3.8, 4) is 0 Å². The molecule has 0 aromatic heterocycles. The molecule has 0 aliphatic carbocycles. The molecule has 3 heteroatoms. The van der Waals surface area contributed by atoms with Gasteiger partial charge in [-0.15, -0.1) is 0 Å². The molecule has 1 saturated heterocycles. The Bertz CT molecular complexity index is 102. The first-order chi connectivity index (χ1) is 5.29. The molecule has 1 unspecified atom stereocenters. The predicted molar refractivity (Wildman–Crippen MR) is 50.3 cm³/mol. The molecule has 1 rings (SSSR count). The van der Waals surface area contributed by atoms with Crippen molar-refractivity contribution in [2.75, 3.05) is 32.8 Å². The molecule has 0 amide bonds. The van der Waals surface area contributed by atoms with Gasteiger partial charge in [-0.05, 0) is 13.0 Å². The standard InChI is InChI=1S/C8H17NOS/c1-8(11)2-3-9-4-6-10-7-5-9/h8,11H,2-7H2,1H3. The molecule has 1 aliphatic heterocycles. The van der Waals surface area contributed by atoms with Crippen LogP contribution in [0.4, 0.5) is 0 Å². The third-order valence-corrected chi connectivity index (χ3v) is 2.23. The van der Waals surface area contributed by atoms with Crippen LogP contribution in [0.1, 0.15) is 13.3 Å². The van der Waals surface area contributed by atoms with Crippen LogP contribution in [0.3, 0.4) is 0 Å². The fraction of sp³-hybridized carbons (Fsp3) is 1.00. The van der Waals surface area contributed by atoms with Crippen LogP contribution in [0.15, 0.2) is 0 Å². The summed E-state index contributed by atoms with van der Waals surface area (Å²) in [6.45, 7) is 7.32. The fourth-order valence-corrected chi connectivity index (χ4v) is 1.31. The maximum absolute atomic E-state index is 5.25. The van der Waals surface area contributed by atoms with Gasteiger partial charge in [-0.2, -0.15) is 12.6 Å². The zero-order chi connectivity index (χ0) is 8.10. The van der Waals surface area contributed by atoms with Crippen molar-refractivity contribution in [1.82, 2.24) is 4.90 Å². The Hall–Kier alpha value is 0.270. The number of thiol groups is 1. The van der Waals surface area contributed by atoms with E-state index in [1.807, 2.05) is 0 Å². The number of rotatable bonds is 3. The maximum Gasteiger partial charge on any atom is 0.0594 e. The molecule has 66 valence electrons. The van der Waals surface area contributed by atoms with Crippen molar-refractivity contribution in [2.45, 2.75) is 18.6 Å². The lowest BCUT2D eigenvalue weighted by Gasteiger charge is -2.26. The first-order valence-electron chi connectivity index (χ1n) is 4.27. The van der Waals surface area contributed by atoms with Gasteiger partial charge in [0.2, 0.25) is 0 Å². The van der Waals surface area contributed by atoms with E-state index in [4.69, 9.17) is 4.74 Å². The SMILES string of the molecule is CC(S)CCN1CCOCC1. The summed E-state index contributed by atoms with van der Waals surface area (Å²) >= 11 is 4.34. The highest BCUT2D eigenvalue weighted by Gasteiger charge is 2.09. The average Bonchev–Trinajstić information content (AvgIpc) is 2.03. The van der Waals surface area contributed by atoms with E-state index < -0.39 is 0 Å². The molecular formula is C8H17NOS. The lowest BCUT2D eigenvalue weighted by atomic mass is 10.3. The summed E-state index contributed by atoms with van der Waals surface area (Å²) in [6.07, 6.45) is 1.18. The minimum Gasteiger partial charge on any atom is -0.379 e. The van der Waals surface area contributed by atoms with Gasteiger partial charge in [0.1, 0.15) is 0 Å². The van der Waals surface area contributed by atoms with Gasteiger partial charge in [0, 0.05) is 18.3 Å². The second-order valence-electron chi connectivity index (χ2n) is 3.09.